The van der Waals surface area contributed by atoms with Crippen LogP contribution in [0.4, 0.5) is 11.4 Å². The van der Waals surface area contributed by atoms with Gasteiger partial charge < -0.3 is 21.3 Å². The van der Waals surface area contributed by atoms with Gasteiger partial charge in [0.15, 0.2) is 0 Å². The Hall–Kier alpha value is -3.35. The molecule has 0 radical (unpaired) electrons. The van der Waals surface area contributed by atoms with Crippen LogP contribution >= 0.6 is 0 Å². The average molecular weight is 382 g/mol. The fraction of sp³-hybridized carbons (Fsp3) is 0.286. The minimum absolute atomic E-state index is 0.0790. The third-order valence-electron chi connectivity index (χ3n) is 4.25. The fourth-order valence-corrected chi connectivity index (χ4v) is 2.39. The lowest BCUT2D eigenvalue weighted by Gasteiger charge is -2.12. The molecule has 0 fully saturated rings. The Balaban J connectivity index is 1.84. The summed E-state index contributed by atoms with van der Waals surface area (Å²) in [6, 6.07) is 13.7. The summed E-state index contributed by atoms with van der Waals surface area (Å²) in [5, 5.41) is 11.2. The predicted octanol–water partition coefficient (Wildman–Crippen LogP) is 2.63. The first kappa shape index (κ1) is 21.0. The number of rotatable bonds is 8. The lowest BCUT2D eigenvalue weighted by atomic mass is 10.1. The summed E-state index contributed by atoms with van der Waals surface area (Å²) in [5.41, 5.74) is 2.45. The minimum atomic E-state index is -0.216. The van der Waals surface area contributed by atoms with Gasteiger partial charge in [0, 0.05) is 35.6 Å². The van der Waals surface area contributed by atoms with Crippen molar-refractivity contribution in [3.05, 3.63) is 59.7 Å². The number of hydrogen-bond acceptors (Lipinski definition) is 4. The molecule has 4 N–H and O–H groups in total. The maximum atomic E-state index is 12.1. The van der Waals surface area contributed by atoms with E-state index in [-0.39, 0.29) is 30.3 Å². The van der Waals surface area contributed by atoms with Crippen molar-refractivity contribution in [3.63, 3.8) is 0 Å². The molecule has 7 heteroatoms. The van der Waals surface area contributed by atoms with Crippen molar-refractivity contribution < 1.29 is 14.4 Å². The van der Waals surface area contributed by atoms with Crippen LogP contribution in [0.15, 0.2) is 48.5 Å². The van der Waals surface area contributed by atoms with Crippen molar-refractivity contribution >= 4 is 29.1 Å². The van der Waals surface area contributed by atoms with Crippen molar-refractivity contribution in [2.24, 2.45) is 0 Å². The van der Waals surface area contributed by atoms with Gasteiger partial charge in [0.2, 0.25) is 5.91 Å². The summed E-state index contributed by atoms with van der Waals surface area (Å²) in [6.45, 7) is 4.05. The van der Waals surface area contributed by atoms with E-state index < -0.39 is 0 Å². The van der Waals surface area contributed by atoms with Gasteiger partial charge in [0.05, 0.1) is 6.54 Å². The number of amides is 3. The summed E-state index contributed by atoms with van der Waals surface area (Å²) in [4.78, 5) is 35.6. The van der Waals surface area contributed by atoms with Crippen molar-refractivity contribution in [3.8, 4) is 0 Å². The lowest BCUT2D eigenvalue weighted by Crippen LogP contribution is -2.31. The fourth-order valence-electron chi connectivity index (χ4n) is 2.39. The number of anilines is 2. The highest BCUT2D eigenvalue weighted by Crippen LogP contribution is 2.11. The highest BCUT2D eigenvalue weighted by molar-refractivity contribution is 5.97. The molecule has 2 aromatic rings. The maximum absolute atomic E-state index is 12.1. The molecule has 0 aliphatic carbocycles. The van der Waals surface area contributed by atoms with Crippen molar-refractivity contribution in [2.45, 2.75) is 26.3 Å². The van der Waals surface area contributed by atoms with Gasteiger partial charge in [-0.25, -0.2) is 0 Å². The van der Waals surface area contributed by atoms with Crippen LogP contribution in [0.5, 0.6) is 0 Å². The number of nitrogens with one attached hydrogen (secondary N) is 4. The standard InChI is InChI=1S/C21H26N4O3/c1-4-14(2)24-21(28)16-5-9-17(10-6-16)23-13-19(26)25-18-11-7-15(8-12-18)20(27)22-3/h5-12,14,23H,4,13H2,1-3H3,(H,22,27)(H,24,28)(H,25,26). The molecule has 2 rings (SSSR count). The molecular formula is C21H26N4O3. The van der Waals surface area contributed by atoms with Crippen LogP contribution in [0.3, 0.4) is 0 Å². The molecule has 2 aromatic carbocycles. The van der Waals surface area contributed by atoms with Crippen LogP contribution in [-0.2, 0) is 4.79 Å². The summed E-state index contributed by atoms with van der Waals surface area (Å²) < 4.78 is 0. The Morgan fingerprint density at radius 3 is 1.93 bits per heavy atom. The molecule has 0 saturated carbocycles. The topological polar surface area (TPSA) is 99.3 Å². The second-order valence-electron chi connectivity index (χ2n) is 6.42. The van der Waals surface area contributed by atoms with Crippen molar-refractivity contribution in [2.75, 3.05) is 24.2 Å². The summed E-state index contributed by atoms with van der Waals surface area (Å²) >= 11 is 0. The van der Waals surface area contributed by atoms with E-state index in [0.717, 1.165) is 12.1 Å². The molecule has 0 spiro atoms. The highest BCUT2D eigenvalue weighted by Gasteiger charge is 2.09. The molecule has 0 aromatic heterocycles. The Morgan fingerprint density at radius 1 is 0.857 bits per heavy atom. The molecular weight excluding hydrogens is 356 g/mol. The van der Waals surface area contributed by atoms with E-state index in [9.17, 15) is 14.4 Å². The van der Waals surface area contributed by atoms with Gasteiger partial charge in [-0.1, -0.05) is 6.92 Å². The van der Waals surface area contributed by atoms with Gasteiger partial charge in [-0.2, -0.15) is 0 Å². The molecule has 7 nitrogen and oxygen atoms in total. The smallest absolute Gasteiger partial charge is 0.251 e. The predicted molar refractivity (Wildman–Crippen MR) is 111 cm³/mol. The van der Waals surface area contributed by atoms with Crippen LogP contribution in [0.25, 0.3) is 0 Å². The number of carbonyl (C=O) groups is 3. The molecule has 0 aliphatic rings. The Labute approximate surface area is 164 Å². The first-order valence-electron chi connectivity index (χ1n) is 9.19. The molecule has 0 heterocycles. The Bertz CT molecular complexity index is 817. The quantitative estimate of drug-likeness (QED) is 0.564. The molecule has 0 saturated heterocycles. The van der Waals surface area contributed by atoms with Crippen LogP contribution in [0.2, 0.25) is 0 Å². The lowest BCUT2D eigenvalue weighted by molar-refractivity contribution is -0.114. The zero-order valence-electron chi connectivity index (χ0n) is 16.3. The van der Waals surface area contributed by atoms with Crippen LogP contribution in [0, 0.1) is 0 Å². The molecule has 0 bridgehead atoms. The molecule has 148 valence electrons. The van der Waals surface area contributed by atoms with E-state index in [1.807, 2.05) is 13.8 Å². The SMILES string of the molecule is CCC(C)NC(=O)c1ccc(NCC(=O)Nc2ccc(C(=O)NC)cc2)cc1. The first-order valence-corrected chi connectivity index (χ1v) is 9.19. The van der Waals surface area contributed by atoms with Gasteiger partial charge >= 0.3 is 0 Å². The largest absolute Gasteiger partial charge is 0.376 e. The molecule has 28 heavy (non-hydrogen) atoms. The number of carbonyl (C=O) groups excluding carboxylic acids is 3. The van der Waals surface area contributed by atoms with E-state index in [1.54, 1.807) is 55.6 Å². The van der Waals surface area contributed by atoms with E-state index in [0.29, 0.717) is 16.8 Å². The van der Waals surface area contributed by atoms with Gasteiger partial charge in [0.1, 0.15) is 0 Å². The minimum Gasteiger partial charge on any atom is -0.376 e. The number of hydrogen-bond donors (Lipinski definition) is 4. The van der Waals surface area contributed by atoms with Crippen LogP contribution < -0.4 is 21.3 Å². The number of benzene rings is 2. The van der Waals surface area contributed by atoms with Gasteiger partial charge in [-0.05, 0) is 61.9 Å². The maximum Gasteiger partial charge on any atom is 0.251 e. The van der Waals surface area contributed by atoms with Crippen molar-refractivity contribution in [1.82, 2.24) is 10.6 Å². The second kappa shape index (κ2) is 10.1. The van der Waals surface area contributed by atoms with Crippen molar-refractivity contribution in [1.29, 1.82) is 0 Å². The van der Waals surface area contributed by atoms with E-state index >= 15 is 0 Å². The zero-order valence-corrected chi connectivity index (χ0v) is 16.3. The Kier molecular flexibility index (Phi) is 7.56. The molecule has 1 atom stereocenters. The van der Waals surface area contributed by atoms with Crippen LogP contribution in [-0.4, -0.2) is 37.4 Å². The first-order chi connectivity index (χ1) is 13.4. The van der Waals surface area contributed by atoms with E-state index in [1.165, 1.54) is 0 Å². The van der Waals surface area contributed by atoms with E-state index in [4.69, 9.17) is 0 Å². The summed E-state index contributed by atoms with van der Waals surface area (Å²) in [7, 11) is 1.56. The van der Waals surface area contributed by atoms with Gasteiger partial charge in [-0.15, -0.1) is 0 Å². The molecule has 1 unspecified atom stereocenters. The summed E-state index contributed by atoms with van der Waals surface area (Å²) in [5.74, 6) is -0.508. The monoisotopic (exact) mass is 382 g/mol. The normalized spacial score (nSPS) is 11.2. The van der Waals surface area contributed by atoms with Gasteiger partial charge in [0.25, 0.3) is 11.8 Å². The third kappa shape index (κ3) is 6.12. The third-order valence-corrected chi connectivity index (χ3v) is 4.25. The van der Waals surface area contributed by atoms with Crippen LogP contribution in [0.1, 0.15) is 41.0 Å². The molecule has 0 aliphatic heterocycles. The average Bonchev–Trinajstić information content (AvgIpc) is 2.72. The zero-order chi connectivity index (χ0) is 20.5. The van der Waals surface area contributed by atoms with E-state index in [2.05, 4.69) is 21.3 Å². The molecule has 3 amide bonds. The van der Waals surface area contributed by atoms with Gasteiger partial charge in [-0.3, -0.25) is 14.4 Å². The highest BCUT2D eigenvalue weighted by atomic mass is 16.2. The summed E-state index contributed by atoms with van der Waals surface area (Å²) in [6.07, 6.45) is 0.870. The second-order valence-corrected chi connectivity index (χ2v) is 6.42. The Morgan fingerprint density at radius 2 is 1.39 bits per heavy atom.